The van der Waals surface area contributed by atoms with Gasteiger partial charge in [-0.2, -0.15) is 0 Å². The molecule has 0 atom stereocenters. The molecular weight excluding hydrogens is 665 g/mol. The van der Waals surface area contributed by atoms with E-state index in [1.807, 2.05) is 0 Å². The van der Waals surface area contributed by atoms with Crippen LogP contribution in [0, 0.1) is 0 Å². The third kappa shape index (κ3) is 10.1. The summed E-state index contributed by atoms with van der Waals surface area (Å²) in [7, 11) is 12.0. The van der Waals surface area contributed by atoms with Crippen molar-refractivity contribution in [1.82, 2.24) is 0 Å². The van der Waals surface area contributed by atoms with Crippen molar-refractivity contribution < 1.29 is 0 Å². The molecule has 4 aromatic rings. The fourth-order valence-corrected chi connectivity index (χ4v) is 27.0. The van der Waals surface area contributed by atoms with Gasteiger partial charge in [-0.05, 0) is 42.0 Å². The Labute approximate surface area is 259 Å². The van der Waals surface area contributed by atoms with Gasteiger partial charge in [0, 0.05) is 0 Å². The van der Waals surface area contributed by atoms with Crippen LogP contribution in [0.4, 0.5) is 0 Å². The van der Waals surface area contributed by atoms with Gasteiger partial charge in [-0.3, -0.25) is 0 Å². The predicted octanol–water partition coefficient (Wildman–Crippen LogP) is 11.4. The van der Waals surface area contributed by atoms with Crippen molar-refractivity contribution in [3.63, 3.8) is 0 Å². The third-order valence-corrected chi connectivity index (χ3v) is 32.4. The van der Waals surface area contributed by atoms with E-state index in [0.29, 0.717) is 0 Å². The number of unbranched alkanes of at least 4 members (excludes halogenated alkanes) is 3. The van der Waals surface area contributed by atoms with Gasteiger partial charge < -0.3 is 0 Å². The van der Waals surface area contributed by atoms with Crippen molar-refractivity contribution in [2.45, 2.75) is 78.8 Å². The molecular formula is C37H49Cl2PSn. The van der Waals surface area contributed by atoms with Crippen LogP contribution in [0.5, 0.6) is 0 Å². The Morgan fingerprint density at radius 3 is 1.05 bits per heavy atom. The van der Waals surface area contributed by atoms with E-state index in [2.05, 4.69) is 142 Å². The zero-order valence-corrected chi connectivity index (χ0v) is 30.6. The Hall–Kier alpha value is -1.31. The smallest absolute Gasteiger partial charge is 0.0622 e. The van der Waals surface area contributed by atoms with Gasteiger partial charge in [0.25, 0.3) is 0 Å². The quantitative estimate of drug-likeness (QED) is 0.0901. The van der Waals surface area contributed by atoms with Gasteiger partial charge in [-0.1, -0.05) is 84.9 Å². The molecule has 0 unspecified atom stereocenters. The van der Waals surface area contributed by atoms with Gasteiger partial charge in [0.15, 0.2) is 0 Å². The van der Waals surface area contributed by atoms with Crippen molar-refractivity contribution in [3.8, 4) is 0 Å². The van der Waals surface area contributed by atoms with Crippen LogP contribution in [-0.4, -0.2) is 14.7 Å². The van der Waals surface area contributed by atoms with Crippen LogP contribution >= 0.6 is 25.1 Å². The first-order valence-electron chi connectivity index (χ1n) is 15.5. The normalized spacial score (nSPS) is 12.6. The van der Waals surface area contributed by atoms with E-state index in [-0.39, 0.29) is 0 Å². The Morgan fingerprint density at radius 1 is 0.463 bits per heavy atom. The van der Waals surface area contributed by atoms with E-state index in [1.165, 1.54) is 60.0 Å². The minimum atomic E-state index is -3.25. The van der Waals surface area contributed by atoms with Gasteiger partial charge in [0.1, 0.15) is 23.2 Å². The SMILES string of the molecule is CCC[CH2][Sn-]([Cl])([Cl])([CH2]CCC)[CH2]CCC.c1ccc(C[P+](c2ccccc2)(c2ccccc2)c2ccccc2)cc1. The summed E-state index contributed by atoms with van der Waals surface area (Å²) in [4.78, 5) is 0. The number of benzene rings is 4. The Balaban J connectivity index is 0.000000266. The average molecular weight is 714 g/mol. The minimum Gasteiger partial charge on any atom is -0.0622 e. The number of hydrogen-bond donors (Lipinski definition) is 0. The van der Waals surface area contributed by atoms with E-state index in [0.717, 1.165) is 19.5 Å². The van der Waals surface area contributed by atoms with Crippen LogP contribution in [0.3, 0.4) is 0 Å². The standard InChI is InChI=1S/C25H22P.3C4H9.2ClH.Sn/c1-5-13-22(14-6-1)21-26(23-15-7-2-8-16-23,24-17-9-3-10-18-24)25-19-11-4-12-20-25;3*1-3-4-2;;;/h1-20H,21H2;3*1,3-4H2,2H3;2*1H;/q+1;;;;;;+1/p-2. The molecule has 0 radical (unpaired) electrons. The zero-order chi connectivity index (χ0) is 29.5. The number of halogens is 2. The fraction of sp³-hybridized carbons (Fsp3) is 0.351. The molecule has 0 fully saturated rings. The van der Waals surface area contributed by atoms with Crippen LogP contribution < -0.4 is 15.9 Å². The first-order valence-corrected chi connectivity index (χ1v) is 30.8. The van der Waals surface area contributed by atoms with Gasteiger partial charge >= 0.3 is 105 Å². The molecule has 0 spiro atoms. The summed E-state index contributed by atoms with van der Waals surface area (Å²) in [5.41, 5.74) is 1.39. The summed E-state index contributed by atoms with van der Waals surface area (Å²) >= 11 is -3.25. The maximum absolute atomic E-state index is 6.91. The number of hydrogen-bond acceptors (Lipinski definition) is 0. The summed E-state index contributed by atoms with van der Waals surface area (Å²) in [5.74, 6) is 0. The Bertz CT molecular complexity index is 1120. The molecule has 0 nitrogen and oxygen atoms in total. The van der Waals surface area contributed by atoms with Crippen LogP contribution in [0.25, 0.3) is 0 Å². The van der Waals surface area contributed by atoms with E-state index in [4.69, 9.17) is 17.8 Å². The van der Waals surface area contributed by atoms with E-state index >= 15 is 0 Å². The molecule has 0 heterocycles. The van der Waals surface area contributed by atoms with Crippen molar-refractivity contribution in [2.75, 3.05) is 0 Å². The molecule has 0 aliphatic rings. The predicted molar refractivity (Wildman–Crippen MR) is 192 cm³/mol. The second-order valence-corrected chi connectivity index (χ2v) is 43.0. The summed E-state index contributed by atoms with van der Waals surface area (Å²) in [6.45, 7) is 6.68. The van der Waals surface area contributed by atoms with Crippen molar-refractivity contribution in [2.24, 2.45) is 0 Å². The maximum Gasteiger partial charge on any atom is 0.116 e. The van der Waals surface area contributed by atoms with Gasteiger partial charge in [0.05, 0.1) is 6.16 Å². The maximum atomic E-state index is 6.91. The first kappa shape index (κ1) is 34.2. The van der Waals surface area contributed by atoms with Gasteiger partial charge in [0.2, 0.25) is 0 Å². The summed E-state index contributed by atoms with van der Waals surface area (Å²) in [5, 5.41) is 4.30. The molecule has 41 heavy (non-hydrogen) atoms. The van der Waals surface area contributed by atoms with Crippen molar-refractivity contribution >= 4 is 55.8 Å². The van der Waals surface area contributed by atoms with Gasteiger partial charge in [-0.15, -0.1) is 0 Å². The van der Waals surface area contributed by atoms with Crippen LogP contribution in [0.15, 0.2) is 121 Å². The third-order valence-electron chi connectivity index (χ3n) is 8.07. The molecule has 4 rings (SSSR count). The molecule has 4 heteroatoms. The molecule has 0 saturated heterocycles. The molecule has 0 aromatic heterocycles. The van der Waals surface area contributed by atoms with Crippen LogP contribution in [-0.2, 0) is 6.16 Å². The van der Waals surface area contributed by atoms with E-state index < -0.39 is 22.0 Å². The first-order chi connectivity index (χ1) is 19.9. The Kier molecular flexibility index (Phi) is 14.3. The van der Waals surface area contributed by atoms with Crippen molar-refractivity contribution in [3.05, 3.63) is 127 Å². The second kappa shape index (κ2) is 17.1. The molecule has 4 aromatic carbocycles. The minimum absolute atomic E-state index is 1.03. The zero-order valence-electron chi connectivity index (χ0n) is 25.3. The Morgan fingerprint density at radius 2 is 0.756 bits per heavy atom. The summed E-state index contributed by atoms with van der Waals surface area (Å²) < 4.78 is 3.46. The van der Waals surface area contributed by atoms with Crippen molar-refractivity contribution in [1.29, 1.82) is 0 Å². The topological polar surface area (TPSA) is 0 Å². The molecule has 0 amide bonds. The molecule has 0 N–H and O–H groups in total. The summed E-state index contributed by atoms with van der Waals surface area (Å²) in [6.07, 6.45) is 8.39. The molecule has 0 aliphatic carbocycles. The molecule has 0 aliphatic heterocycles. The fourth-order valence-electron chi connectivity index (χ4n) is 5.68. The largest absolute Gasteiger partial charge is 0.116 e. The molecule has 0 saturated carbocycles. The molecule has 220 valence electrons. The van der Waals surface area contributed by atoms with Crippen LogP contribution in [0.2, 0.25) is 13.3 Å². The average Bonchev–Trinajstić information content (AvgIpc) is 3.03. The van der Waals surface area contributed by atoms with E-state index in [9.17, 15) is 0 Å². The van der Waals surface area contributed by atoms with Crippen LogP contribution in [0.1, 0.15) is 64.9 Å². The second-order valence-electron chi connectivity index (χ2n) is 11.4. The van der Waals surface area contributed by atoms with Gasteiger partial charge in [-0.25, -0.2) is 0 Å². The number of rotatable bonds is 14. The molecule has 0 bridgehead atoms. The summed E-state index contributed by atoms with van der Waals surface area (Å²) in [6, 6.07) is 44.0. The van der Waals surface area contributed by atoms with E-state index in [1.54, 1.807) is 0 Å². The monoisotopic (exact) mass is 714 g/mol.